The number of aryl methyl sites for hydroxylation is 1. The molecule has 0 radical (unpaired) electrons. The maximum Gasteiger partial charge on any atom is 0.255 e. The lowest BCUT2D eigenvalue weighted by molar-refractivity contribution is -0.111. The van der Waals surface area contributed by atoms with Gasteiger partial charge in [0.05, 0.1) is 14.2 Å². The molecule has 1 amide bonds. The van der Waals surface area contributed by atoms with E-state index in [9.17, 15) is 4.79 Å². The molecule has 2 aromatic carbocycles. The summed E-state index contributed by atoms with van der Waals surface area (Å²) in [4.78, 5) is 12.3. The Kier molecular flexibility index (Phi) is 4.84. The summed E-state index contributed by atoms with van der Waals surface area (Å²) in [5.41, 5.74) is 2.92. The van der Waals surface area contributed by atoms with Gasteiger partial charge in [0, 0.05) is 29.5 Å². The van der Waals surface area contributed by atoms with Crippen molar-refractivity contribution in [2.45, 2.75) is 6.92 Å². The first-order valence-corrected chi connectivity index (χ1v) is 6.84. The number of carbonyl (C=O) groups excluding carboxylic acids is 1. The highest BCUT2D eigenvalue weighted by atomic mass is 16.5. The molecule has 0 aliphatic carbocycles. The predicted molar refractivity (Wildman–Crippen MR) is 88.4 cm³/mol. The average molecular weight is 297 g/mol. The van der Waals surface area contributed by atoms with E-state index >= 15 is 0 Å². The highest BCUT2D eigenvalue weighted by Gasteiger charge is 2.11. The third kappa shape index (κ3) is 3.67. The van der Waals surface area contributed by atoms with Gasteiger partial charge in [-0.3, -0.25) is 4.79 Å². The van der Waals surface area contributed by atoms with Crippen molar-refractivity contribution < 1.29 is 14.3 Å². The zero-order valence-electron chi connectivity index (χ0n) is 13.0. The van der Waals surface area contributed by atoms with Crippen LogP contribution in [0, 0.1) is 6.92 Å². The number of hydrogen-bond acceptors (Lipinski definition) is 3. The van der Waals surface area contributed by atoms with Crippen LogP contribution in [0.5, 0.6) is 11.5 Å². The van der Waals surface area contributed by atoms with Gasteiger partial charge in [0.2, 0.25) is 0 Å². The van der Waals surface area contributed by atoms with Crippen LogP contribution in [0.4, 0.5) is 5.69 Å². The van der Waals surface area contributed by atoms with E-state index in [0.717, 1.165) is 11.1 Å². The molecule has 0 aromatic heterocycles. The number of anilines is 1. The fourth-order valence-electron chi connectivity index (χ4n) is 1.97. The topological polar surface area (TPSA) is 47.6 Å². The maximum absolute atomic E-state index is 12.3. The van der Waals surface area contributed by atoms with Crippen molar-refractivity contribution in [2.24, 2.45) is 0 Å². The fraction of sp³-hybridized carbons (Fsp3) is 0.167. The summed E-state index contributed by atoms with van der Waals surface area (Å²) >= 11 is 0. The predicted octanol–water partition coefficient (Wildman–Crippen LogP) is 3.66. The summed E-state index contributed by atoms with van der Waals surface area (Å²) in [6.07, 6.45) is 0. The van der Waals surface area contributed by atoms with Crippen LogP contribution in [-0.4, -0.2) is 20.1 Å². The van der Waals surface area contributed by atoms with E-state index in [0.29, 0.717) is 22.8 Å². The second-order valence-electron chi connectivity index (χ2n) is 4.90. The summed E-state index contributed by atoms with van der Waals surface area (Å²) in [6.45, 7) is 5.86. The van der Waals surface area contributed by atoms with Gasteiger partial charge in [-0.05, 0) is 12.5 Å². The van der Waals surface area contributed by atoms with Gasteiger partial charge in [-0.15, -0.1) is 0 Å². The van der Waals surface area contributed by atoms with Gasteiger partial charge in [-0.1, -0.05) is 36.4 Å². The quantitative estimate of drug-likeness (QED) is 0.857. The minimum absolute atomic E-state index is 0.265. The molecule has 4 heteroatoms. The number of hydrogen-bond donors (Lipinski definition) is 1. The SMILES string of the molecule is C=C(C(=O)Nc1cc(OC)cc(OC)c1)c1ccc(C)cc1. The third-order valence-electron chi connectivity index (χ3n) is 3.28. The largest absolute Gasteiger partial charge is 0.497 e. The number of amides is 1. The normalized spacial score (nSPS) is 9.95. The van der Waals surface area contributed by atoms with Gasteiger partial charge >= 0.3 is 0 Å². The van der Waals surface area contributed by atoms with E-state index in [1.807, 2.05) is 31.2 Å². The zero-order chi connectivity index (χ0) is 16.1. The molecule has 0 fully saturated rings. The molecule has 0 spiro atoms. The minimum atomic E-state index is -0.265. The summed E-state index contributed by atoms with van der Waals surface area (Å²) in [6, 6.07) is 12.8. The minimum Gasteiger partial charge on any atom is -0.497 e. The molecule has 0 aliphatic heterocycles. The van der Waals surface area contributed by atoms with Crippen LogP contribution in [0.25, 0.3) is 5.57 Å². The standard InChI is InChI=1S/C18H19NO3/c1-12-5-7-14(8-6-12)13(2)18(20)19-15-9-16(21-3)11-17(10-15)22-4/h5-11H,2H2,1,3-4H3,(H,19,20). The number of nitrogens with one attached hydrogen (secondary N) is 1. The van der Waals surface area contributed by atoms with Crippen molar-refractivity contribution in [3.05, 3.63) is 60.2 Å². The summed E-state index contributed by atoms with van der Waals surface area (Å²) < 4.78 is 10.4. The third-order valence-corrected chi connectivity index (χ3v) is 3.28. The number of ether oxygens (including phenoxy) is 2. The van der Waals surface area contributed by atoms with Gasteiger partial charge < -0.3 is 14.8 Å². The molecule has 0 saturated carbocycles. The Morgan fingerprint density at radius 2 is 1.55 bits per heavy atom. The van der Waals surface area contributed by atoms with Crippen LogP contribution < -0.4 is 14.8 Å². The van der Waals surface area contributed by atoms with Crippen LogP contribution in [0.2, 0.25) is 0 Å². The summed E-state index contributed by atoms with van der Waals surface area (Å²) in [7, 11) is 3.12. The van der Waals surface area contributed by atoms with Crippen molar-refractivity contribution in [1.29, 1.82) is 0 Å². The van der Waals surface area contributed by atoms with Gasteiger partial charge in [0.1, 0.15) is 11.5 Å². The van der Waals surface area contributed by atoms with E-state index in [1.165, 1.54) is 0 Å². The van der Waals surface area contributed by atoms with Crippen molar-refractivity contribution in [1.82, 2.24) is 0 Å². The first-order chi connectivity index (χ1) is 10.5. The lowest BCUT2D eigenvalue weighted by Crippen LogP contribution is -2.13. The molecule has 2 aromatic rings. The molecule has 2 rings (SSSR count). The molecule has 0 aliphatic rings. The van der Waals surface area contributed by atoms with E-state index in [-0.39, 0.29) is 5.91 Å². The van der Waals surface area contributed by atoms with E-state index in [4.69, 9.17) is 9.47 Å². The average Bonchev–Trinajstić information content (AvgIpc) is 2.54. The maximum atomic E-state index is 12.3. The van der Waals surface area contributed by atoms with E-state index in [2.05, 4.69) is 11.9 Å². The number of benzene rings is 2. The Morgan fingerprint density at radius 3 is 2.05 bits per heavy atom. The first-order valence-electron chi connectivity index (χ1n) is 6.84. The number of rotatable bonds is 5. The molecule has 0 heterocycles. The highest BCUT2D eigenvalue weighted by Crippen LogP contribution is 2.26. The second-order valence-corrected chi connectivity index (χ2v) is 4.90. The molecule has 0 atom stereocenters. The Bertz CT molecular complexity index is 668. The Morgan fingerprint density at radius 1 is 1.00 bits per heavy atom. The lowest BCUT2D eigenvalue weighted by atomic mass is 10.1. The lowest BCUT2D eigenvalue weighted by Gasteiger charge is -2.11. The van der Waals surface area contributed by atoms with E-state index in [1.54, 1.807) is 32.4 Å². The van der Waals surface area contributed by atoms with E-state index < -0.39 is 0 Å². The van der Waals surface area contributed by atoms with Crippen LogP contribution in [0.3, 0.4) is 0 Å². The number of methoxy groups -OCH3 is 2. The monoisotopic (exact) mass is 297 g/mol. The van der Waals surface area contributed by atoms with Crippen LogP contribution in [-0.2, 0) is 4.79 Å². The van der Waals surface area contributed by atoms with Gasteiger partial charge in [0.15, 0.2) is 0 Å². The highest BCUT2D eigenvalue weighted by molar-refractivity contribution is 6.24. The Hall–Kier alpha value is -2.75. The molecular weight excluding hydrogens is 278 g/mol. The second kappa shape index (κ2) is 6.80. The fourth-order valence-corrected chi connectivity index (χ4v) is 1.97. The van der Waals surface area contributed by atoms with Crippen molar-refractivity contribution >= 4 is 17.2 Å². The van der Waals surface area contributed by atoms with Crippen molar-refractivity contribution in [2.75, 3.05) is 19.5 Å². The van der Waals surface area contributed by atoms with Gasteiger partial charge in [0.25, 0.3) is 5.91 Å². The van der Waals surface area contributed by atoms with Crippen LogP contribution in [0.1, 0.15) is 11.1 Å². The Labute approximate surface area is 130 Å². The molecule has 0 saturated heterocycles. The Balaban J connectivity index is 2.17. The van der Waals surface area contributed by atoms with Gasteiger partial charge in [-0.2, -0.15) is 0 Å². The summed E-state index contributed by atoms with van der Waals surface area (Å²) in [5.74, 6) is 0.949. The number of carbonyl (C=O) groups is 1. The van der Waals surface area contributed by atoms with Crippen LogP contribution in [0.15, 0.2) is 49.0 Å². The molecule has 114 valence electrons. The molecule has 0 bridgehead atoms. The van der Waals surface area contributed by atoms with Gasteiger partial charge in [-0.25, -0.2) is 0 Å². The summed E-state index contributed by atoms with van der Waals surface area (Å²) in [5, 5.41) is 2.81. The van der Waals surface area contributed by atoms with Crippen molar-refractivity contribution in [3.8, 4) is 11.5 Å². The molecule has 1 N–H and O–H groups in total. The van der Waals surface area contributed by atoms with Crippen LogP contribution >= 0.6 is 0 Å². The van der Waals surface area contributed by atoms with Crippen molar-refractivity contribution in [3.63, 3.8) is 0 Å². The smallest absolute Gasteiger partial charge is 0.255 e. The zero-order valence-corrected chi connectivity index (χ0v) is 13.0. The molecule has 4 nitrogen and oxygen atoms in total. The molecular formula is C18H19NO3. The molecule has 0 unspecified atom stereocenters. The molecule has 22 heavy (non-hydrogen) atoms. The first kappa shape index (κ1) is 15.6.